The van der Waals surface area contributed by atoms with Crippen LogP contribution in [0.4, 0.5) is 0 Å². The molecule has 0 aliphatic heterocycles. The highest BCUT2D eigenvalue weighted by Crippen LogP contribution is 2.48. The Labute approximate surface area is 258 Å². The molecular weight excluding hydrogens is 647 g/mol. The Kier molecular flexibility index (Phi) is 9.45. The molecule has 0 amide bonds. The number of rotatable bonds is 7. The minimum atomic E-state index is -0.995. The van der Waals surface area contributed by atoms with Crippen molar-refractivity contribution in [3.05, 3.63) is 89.4 Å². The summed E-state index contributed by atoms with van der Waals surface area (Å²) < 4.78 is 17.1. The summed E-state index contributed by atoms with van der Waals surface area (Å²) in [4.78, 5) is 38.6. The predicted molar refractivity (Wildman–Crippen MR) is 156 cm³/mol. The van der Waals surface area contributed by atoms with Crippen molar-refractivity contribution in [3.63, 3.8) is 0 Å². The van der Waals surface area contributed by atoms with E-state index in [1.54, 1.807) is 49.4 Å². The lowest BCUT2D eigenvalue weighted by molar-refractivity contribution is -0.153. The number of hydrogen-bond donors (Lipinski definition) is 0. The van der Waals surface area contributed by atoms with Gasteiger partial charge in [0, 0.05) is 21.7 Å². The van der Waals surface area contributed by atoms with E-state index in [9.17, 15) is 14.4 Å². The van der Waals surface area contributed by atoms with Crippen molar-refractivity contribution >= 4 is 98.4 Å². The van der Waals surface area contributed by atoms with Crippen molar-refractivity contribution in [2.75, 3.05) is 13.7 Å². The molecule has 13 heteroatoms. The number of hydrogen-bond acceptors (Lipinski definition) is 6. The molecule has 3 aromatic carbocycles. The summed E-state index contributed by atoms with van der Waals surface area (Å²) in [7, 11) is 1.50. The first-order valence-electron chi connectivity index (χ1n) is 11.3. The van der Waals surface area contributed by atoms with Crippen molar-refractivity contribution in [1.82, 2.24) is 4.57 Å². The fourth-order valence-corrected chi connectivity index (χ4v) is 5.27. The number of halogens is 6. The molecule has 0 N–H and O–H groups in total. The molecule has 4 rings (SSSR count). The van der Waals surface area contributed by atoms with E-state index in [1.165, 1.54) is 11.7 Å². The van der Waals surface area contributed by atoms with Gasteiger partial charge in [0.05, 0.1) is 34.1 Å². The normalized spacial score (nSPS) is 11.0. The zero-order valence-corrected chi connectivity index (χ0v) is 25.2. The summed E-state index contributed by atoms with van der Waals surface area (Å²) in [5.41, 5.74) is 1.97. The highest BCUT2D eigenvalue weighted by molar-refractivity contribution is 6.55. The number of ether oxygens (including phenoxy) is 3. The lowest BCUT2D eigenvalue weighted by Crippen LogP contribution is -2.20. The molecule has 0 radical (unpaired) electrons. The van der Waals surface area contributed by atoms with Crippen molar-refractivity contribution < 1.29 is 28.6 Å². The summed E-state index contributed by atoms with van der Waals surface area (Å²) in [6.45, 7) is 0.934. The average Bonchev–Trinajstić information content (AvgIpc) is 3.21. The van der Waals surface area contributed by atoms with Gasteiger partial charge in [0.1, 0.15) is 15.8 Å². The van der Waals surface area contributed by atoms with Gasteiger partial charge < -0.3 is 14.2 Å². The first kappa shape index (κ1) is 30.3. The van der Waals surface area contributed by atoms with Gasteiger partial charge in [-0.3, -0.25) is 14.2 Å². The number of carbonyl (C=O) groups is 3. The third kappa shape index (κ3) is 6.00. The first-order valence-corrected chi connectivity index (χ1v) is 13.6. The third-order valence-corrected chi connectivity index (χ3v) is 8.39. The van der Waals surface area contributed by atoms with Gasteiger partial charge in [-0.1, -0.05) is 69.6 Å². The van der Waals surface area contributed by atoms with Gasteiger partial charge >= 0.3 is 11.9 Å². The van der Waals surface area contributed by atoms with Crippen molar-refractivity contribution in [1.29, 1.82) is 0 Å². The Morgan fingerprint density at radius 1 is 0.800 bits per heavy atom. The van der Waals surface area contributed by atoms with Gasteiger partial charge in [0.2, 0.25) is 0 Å². The zero-order valence-electron chi connectivity index (χ0n) is 20.6. The van der Waals surface area contributed by atoms with E-state index in [0.717, 1.165) is 0 Å². The van der Waals surface area contributed by atoms with Gasteiger partial charge in [-0.15, -0.1) is 0 Å². The minimum absolute atomic E-state index is 0.106. The number of fused-ring (bicyclic) bond motifs is 1. The molecule has 7 nitrogen and oxygen atoms in total. The van der Waals surface area contributed by atoms with Crippen LogP contribution in [0.15, 0.2) is 42.5 Å². The van der Waals surface area contributed by atoms with Gasteiger partial charge in [-0.05, 0) is 55.0 Å². The smallest absolute Gasteiger partial charge is 0.349 e. The van der Waals surface area contributed by atoms with Crippen molar-refractivity contribution in [2.24, 2.45) is 0 Å². The average molecular weight is 664 g/mol. The van der Waals surface area contributed by atoms with Crippen LogP contribution in [-0.4, -0.2) is 36.1 Å². The van der Waals surface area contributed by atoms with E-state index in [2.05, 4.69) is 0 Å². The maximum atomic E-state index is 13.4. The Hall–Kier alpha value is -2.65. The molecule has 0 spiro atoms. The summed E-state index contributed by atoms with van der Waals surface area (Å²) >= 11 is 36.0. The van der Waals surface area contributed by atoms with Crippen LogP contribution in [0.3, 0.4) is 0 Å². The standard InChI is InChI=1S/C27H17Cl6NO6/c1-12-16(10-19(35)39-11-20(36)40-26-24(32)22(30)21(29)23(31)25(26)33)17-9-15(38-2)7-8-18(17)34(12)27(37)13-3-5-14(28)6-4-13/h3-9H,10-11H2,1-2H3. The van der Waals surface area contributed by atoms with Crippen LogP contribution < -0.4 is 9.47 Å². The Morgan fingerprint density at radius 3 is 2.00 bits per heavy atom. The lowest BCUT2D eigenvalue weighted by Gasteiger charge is -2.12. The van der Waals surface area contributed by atoms with Crippen LogP contribution in [0, 0.1) is 6.92 Å². The molecule has 0 bridgehead atoms. The number of aromatic nitrogens is 1. The molecule has 0 saturated heterocycles. The molecule has 1 heterocycles. The largest absolute Gasteiger partial charge is 0.497 e. The zero-order chi connectivity index (χ0) is 29.3. The molecule has 40 heavy (non-hydrogen) atoms. The van der Waals surface area contributed by atoms with Gasteiger partial charge in [0.15, 0.2) is 12.4 Å². The number of nitrogens with zero attached hydrogens (tertiary/aromatic N) is 1. The quantitative estimate of drug-likeness (QED) is 0.0857. The highest BCUT2D eigenvalue weighted by atomic mass is 35.5. The minimum Gasteiger partial charge on any atom is -0.497 e. The van der Waals surface area contributed by atoms with Crippen LogP contribution in [0.25, 0.3) is 10.9 Å². The molecule has 0 aliphatic carbocycles. The summed E-state index contributed by atoms with van der Waals surface area (Å²) in [5, 5.41) is 0.199. The van der Waals surface area contributed by atoms with Crippen LogP contribution in [0.2, 0.25) is 30.1 Å². The molecule has 208 valence electrons. The molecule has 0 saturated carbocycles. The second kappa shape index (κ2) is 12.5. The van der Waals surface area contributed by atoms with Crippen LogP contribution in [-0.2, 0) is 20.7 Å². The summed E-state index contributed by atoms with van der Waals surface area (Å²) in [5.74, 6) is -1.87. The second-order valence-electron chi connectivity index (χ2n) is 8.31. The van der Waals surface area contributed by atoms with E-state index in [0.29, 0.717) is 38.5 Å². The van der Waals surface area contributed by atoms with E-state index >= 15 is 0 Å². The van der Waals surface area contributed by atoms with Crippen LogP contribution >= 0.6 is 69.6 Å². The third-order valence-electron chi connectivity index (χ3n) is 5.89. The van der Waals surface area contributed by atoms with E-state index in [1.807, 2.05) is 0 Å². The lowest BCUT2D eigenvalue weighted by atomic mass is 10.1. The van der Waals surface area contributed by atoms with E-state index < -0.39 is 18.5 Å². The Bertz CT molecular complexity index is 1640. The van der Waals surface area contributed by atoms with Crippen LogP contribution in [0.1, 0.15) is 21.6 Å². The summed E-state index contributed by atoms with van der Waals surface area (Å²) in [6, 6.07) is 11.6. The van der Waals surface area contributed by atoms with E-state index in [4.69, 9.17) is 83.8 Å². The number of esters is 2. The van der Waals surface area contributed by atoms with Crippen molar-refractivity contribution in [2.45, 2.75) is 13.3 Å². The molecule has 0 aliphatic rings. The van der Waals surface area contributed by atoms with Crippen LogP contribution in [0.5, 0.6) is 11.5 Å². The molecule has 4 aromatic rings. The number of benzene rings is 3. The Balaban J connectivity index is 1.57. The molecule has 1 aromatic heterocycles. The number of methoxy groups -OCH3 is 1. The molecule has 0 atom stereocenters. The monoisotopic (exact) mass is 661 g/mol. The first-order chi connectivity index (χ1) is 18.9. The predicted octanol–water partition coefficient (Wildman–Crippen LogP) is 8.26. The molecule has 0 unspecified atom stereocenters. The second-order valence-corrected chi connectivity index (χ2v) is 10.6. The Morgan fingerprint density at radius 2 is 1.40 bits per heavy atom. The summed E-state index contributed by atoms with van der Waals surface area (Å²) in [6.07, 6.45) is -0.260. The fourth-order valence-electron chi connectivity index (χ4n) is 3.95. The maximum Gasteiger partial charge on any atom is 0.349 e. The van der Waals surface area contributed by atoms with Gasteiger partial charge in [-0.2, -0.15) is 0 Å². The van der Waals surface area contributed by atoms with E-state index in [-0.39, 0.29) is 43.2 Å². The molecule has 0 fully saturated rings. The molecular formula is C27H17Cl6NO6. The van der Waals surface area contributed by atoms with Gasteiger partial charge in [0.25, 0.3) is 5.91 Å². The van der Waals surface area contributed by atoms with Gasteiger partial charge in [-0.25, -0.2) is 4.79 Å². The topological polar surface area (TPSA) is 83.8 Å². The SMILES string of the molecule is COc1ccc2c(c1)c(CC(=O)OCC(=O)Oc1c(Cl)c(Cl)c(Cl)c(Cl)c1Cl)c(C)n2C(=O)c1ccc(Cl)cc1. The van der Waals surface area contributed by atoms with Crippen molar-refractivity contribution in [3.8, 4) is 11.5 Å². The maximum absolute atomic E-state index is 13.4. The highest BCUT2D eigenvalue weighted by Gasteiger charge is 2.25. The number of carbonyl (C=O) groups excluding carboxylic acids is 3. The fraction of sp³-hybridized carbons (Fsp3) is 0.148.